The molecular formula is C20H15FN4O5. The van der Waals surface area contributed by atoms with Gasteiger partial charge in [0.25, 0.3) is 5.91 Å². The zero-order valence-corrected chi connectivity index (χ0v) is 15.6. The molecule has 30 heavy (non-hydrogen) atoms. The molecule has 152 valence electrons. The topological polar surface area (TPSA) is 119 Å². The fourth-order valence-electron chi connectivity index (χ4n) is 3.69. The van der Waals surface area contributed by atoms with Gasteiger partial charge in [-0.2, -0.15) is 0 Å². The smallest absolute Gasteiger partial charge is 0.322 e. The fourth-order valence-corrected chi connectivity index (χ4v) is 3.69. The highest BCUT2D eigenvalue weighted by molar-refractivity contribution is 6.07. The van der Waals surface area contributed by atoms with Crippen LogP contribution in [-0.2, 0) is 16.9 Å². The van der Waals surface area contributed by atoms with Gasteiger partial charge in [-0.05, 0) is 18.2 Å². The first-order chi connectivity index (χ1) is 14.4. The van der Waals surface area contributed by atoms with E-state index in [1.54, 1.807) is 24.4 Å². The summed E-state index contributed by atoms with van der Waals surface area (Å²) in [6.45, 7) is -0.171. The van der Waals surface area contributed by atoms with Crippen LogP contribution < -0.4 is 15.4 Å². The van der Waals surface area contributed by atoms with Crippen LogP contribution in [0.1, 0.15) is 5.76 Å². The number of carbonyl (C=O) groups excluding carboxylic acids is 2. The number of aromatic nitrogens is 2. The molecule has 4 aromatic rings. The first-order valence-electron chi connectivity index (χ1n) is 8.94. The molecule has 0 spiro atoms. The maximum absolute atomic E-state index is 13.5. The molecule has 1 fully saturated rings. The molecule has 5 rings (SSSR count). The Morgan fingerprint density at radius 1 is 1.30 bits per heavy atom. The van der Waals surface area contributed by atoms with E-state index in [1.807, 2.05) is 0 Å². The van der Waals surface area contributed by atoms with Gasteiger partial charge < -0.3 is 24.1 Å². The molecule has 4 heterocycles. The number of aromatic hydroxyl groups is 1. The molecule has 3 aromatic heterocycles. The number of ether oxygens (including phenoxy) is 1. The van der Waals surface area contributed by atoms with Crippen molar-refractivity contribution in [3.8, 4) is 11.6 Å². The summed E-state index contributed by atoms with van der Waals surface area (Å²) >= 11 is 0. The van der Waals surface area contributed by atoms with Crippen molar-refractivity contribution >= 4 is 33.8 Å². The van der Waals surface area contributed by atoms with Gasteiger partial charge in [0.15, 0.2) is 17.0 Å². The Labute approximate surface area is 168 Å². The SMILES string of the molecule is COc1ccc2cn(C[C@@]3(c4cc5ncc(F)cc5o4)NC(=O)NC3=O)c(O)c2c1. The third-order valence-corrected chi connectivity index (χ3v) is 5.17. The Kier molecular flexibility index (Phi) is 3.72. The second kappa shape index (κ2) is 6.21. The number of halogens is 1. The molecule has 0 unspecified atom stereocenters. The van der Waals surface area contributed by atoms with E-state index >= 15 is 0 Å². The van der Waals surface area contributed by atoms with Gasteiger partial charge >= 0.3 is 6.03 Å². The van der Waals surface area contributed by atoms with E-state index in [4.69, 9.17) is 9.15 Å². The summed E-state index contributed by atoms with van der Waals surface area (Å²) in [5, 5.41) is 16.7. The lowest BCUT2D eigenvalue weighted by Crippen LogP contribution is -2.47. The molecule has 0 aliphatic carbocycles. The van der Waals surface area contributed by atoms with Crippen molar-refractivity contribution in [3.05, 3.63) is 54.3 Å². The lowest BCUT2D eigenvalue weighted by Gasteiger charge is -2.24. The lowest BCUT2D eigenvalue weighted by atomic mass is 9.96. The second-order valence-corrected chi connectivity index (χ2v) is 6.99. The van der Waals surface area contributed by atoms with Crippen LogP contribution in [0.25, 0.3) is 21.9 Å². The van der Waals surface area contributed by atoms with E-state index in [9.17, 15) is 19.1 Å². The van der Waals surface area contributed by atoms with Gasteiger partial charge in [-0.25, -0.2) is 14.2 Å². The van der Waals surface area contributed by atoms with Gasteiger partial charge in [-0.1, -0.05) is 0 Å². The molecule has 1 saturated heterocycles. The standard InChI is InChI=1S/C20H15FN4O5/c1-29-12-3-2-10-8-25(17(26)13(10)5-12)9-20(18(27)23-19(28)24-20)16-6-14-15(30-16)4-11(21)7-22-14/h2-8,26H,9H2,1H3,(H2,23,24,27,28)/t20-/m0/s1. The predicted molar refractivity (Wildman–Crippen MR) is 102 cm³/mol. The lowest BCUT2D eigenvalue weighted by molar-refractivity contribution is -0.125. The largest absolute Gasteiger partial charge is 0.497 e. The van der Waals surface area contributed by atoms with Gasteiger partial charge in [-0.15, -0.1) is 0 Å². The van der Waals surface area contributed by atoms with Crippen LogP contribution in [0, 0.1) is 5.82 Å². The van der Waals surface area contributed by atoms with Gasteiger partial charge in [0.2, 0.25) is 0 Å². The minimum atomic E-state index is -1.66. The molecule has 1 aliphatic heterocycles. The van der Waals surface area contributed by atoms with Crippen molar-refractivity contribution in [2.75, 3.05) is 7.11 Å². The quantitative estimate of drug-likeness (QED) is 0.445. The minimum absolute atomic E-state index is 0.0636. The normalized spacial score (nSPS) is 18.7. The van der Waals surface area contributed by atoms with Crippen LogP contribution in [0.15, 0.2) is 47.1 Å². The van der Waals surface area contributed by atoms with Crippen molar-refractivity contribution < 1.29 is 28.2 Å². The van der Waals surface area contributed by atoms with Crippen LogP contribution in [-0.4, -0.2) is 33.7 Å². The number of hydrogen-bond donors (Lipinski definition) is 3. The number of imide groups is 1. The molecule has 1 aromatic carbocycles. The Morgan fingerprint density at radius 3 is 2.87 bits per heavy atom. The number of fused-ring (bicyclic) bond motifs is 2. The van der Waals surface area contributed by atoms with Crippen molar-refractivity contribution in [2.24, 2.45) is 0 Å². The van der Waals surface area contributed by atoms with E-state index in [2.05, 4.69) is 15.6 Å². The van der Waals surface area contributed by atoms with E-state index in [-0.39, 0.29) is 23.8 Å². The monoisotopic (exact) mass is 410 g/mol. The summed E-state index contributed by atoms with van der Waals surface area (Å²) < 4.78 is 25.8. The average molecular weight is 410 g/mol. The van der Waals surface area contributed by atoms with E-state index in [1.165, 1.54) is 17.7 Å². The number of pyridine rings is 1. The van der Waals surface area contributed by atoms with E-state index in [0.29, 0.717) is 22.0 Å². The molecular weight excluding hydrogens is 395 g/mol. The number of urea groups is 1. The van der Waals surface area contributed by atoms with Crippen LogP contribution in [0.4, 0.5) is 9.18 Å². The highest BCUT2D eigenvalue weighted by atomic mass is 19.1. The van der Waals surface area contributed by atoms with Gasteiger partial charge in [-0.3, -0.25) is 10.1 Å². The Bertz CT molecular complexity index is 1340. The fraction of sp³-hybridized carbons (Fsp3) is 0.150. The van der Waals surface area contributed by atoms with Crippen LogP contribution >= 0.6 is 0 Å². The zero-order chi connectivity index (χ0) is 21.0. The minimum Gasteiger partial charge on any atom is -0.497 e. The van der Waals surface area contributed by atoms with Crippen molar-refractivity contribution in [1.82, 2.24) is 20.2 Å². The Hall–Kier alpha value is -4.08. The van der Waals surface area contributed by atoms with Crippen molar-refractivity contribution in [3.63, 3.8) is 0 Å². The number of benzene rings is 1. The molecule has 9 nitrogen and oxygen atoms in total. The molecule has 0 bridgehead atoms. The number of hydrogen-bond acceptors (Lipinski definition) is 6. The number of nitrogens with one attached hydrogen (secondary N) is 2. The molecule has 1 atom stereocenters. The third kappa shape index (κ3) is 2.57. The summed E-state index contributed by atoms with van der Waals surface area (Å²) in [4.78, 5) is 28.8. The highest BCUT2D eigenvalue weighted by Crippen LogP contribution is 2.36. The van der Waals surface area contributed by atoms with Crippen molar-refractivity contribution in [2.45, 2.75) is 12.1 Å². The molecule has 3 N–H and O–H groups in total. The molecule has 0 saturated carbocycles. The third-order valence-electron chi connectivity index (χ3n) is 5.17. The first kappa shape index (κ1) is 18.0. The number of furan rings is 1. The summed E-state index contributed by atoms with van der Waals surface area (Å²) in [6, 6.07) is 7.06. The number of rotatable bonds is 4. The summed E-state index contributed by atoms with van der Waals surface area (Å²) in [6.07, 6.45) is 2.67. The summed E-state index contributed by atoms with van der Waals surface area (Å²) in [7, 11) is 1.51. The summed E-state index contributed by atoms with van der Waals surface area (Å²) in [5.74, 6) is -0.754. The zero-order valence-electron chi connectivity index (χ0n) is 15.6. The Balaban J connectivity index is 1.65. The van der Waals surface area contributed by atoms with E-state index in [0.717, 1.165) is 12.3 Å². The number of amides is 3. The average Bonchev–Trinajstić information content (AvgIpc) is 3.36. The van der Waals surface area contributed by atoms with E-state index < -0.39 is 23.3 Å². The maximum Gasteiger partial charge on any atom is 0.322 e. The van der Waals surface area contributed by atoms with Gasteiger partial charge in [0.05, 0.1) is 19.9 Å². The molecule has 0 radical (unpaired) electrons. The number of nitrogens with zero attached hydrogens (tertiary/aromatic N) is 2. The van der Waals surface area contributed by atoms with Gasteiger partial charge in [0, 0.05) is 29.1 Å². The van der Waals surface area contributed by atoms with Crippen LogP contribution in [0.3, 0.4) is 0 Å². The first-order valence-corrected chi connectivity index (χ1v) is 8.94. The molecule has 1 aliphatic rings. The van der Waals surface area contributed by atoms with Crippen LogP contribution in [0.5, 0.6) is 11.6 Å². The second-order valence-electron chi connectivity index (χ2n) is 6.99. The highest BCUT2D eigenvalue weighted by Gasteiger charge is 2.51. The maximum atomic E-state index is 13.5. The van der Waals surface area contributed by atoms with Crippen molar-refractivity contribution in [1.29, 1.82) is 0 Å². The number of methoxy groups -OCH3 is 1. The Morgan fingerprint density at radius 2 is 2.13 bits per heavy atom. The summed E-state index contributed by atoms with van der Waals surface area (Å²) in [5.41, 5.74) is -1.21. The van der Waals surface area contributed by atoms with Crippen LogP contribution in [0.2, 0.25) is 0 Å². The molecule has 3 amide bonds. The predicted octanol–water partition coefficient (Wildman–Crippen LogP) is 2.37. The number of carbonyl (C=O) groups is 2. The molecule has 10 heteroatoms. The van der Waals surface area contributed by atoms with Gasteiger partial charge in [0.1, 0.15) is 22.8 Å².